The molecule has 4 rings (SSSR count). The summed E-state index contributed by atoms with van der Waals surface area (Å²) in [5.41, 5.74) is 1.29. The Hall–Kier alpha value is -1.85. The first-order chi connectivity index (χ1) is 10.6. The van der Waals surface area contributed by atoms with E-state index in [9.17, 15) is 4.79 Å². The van der Waals surface area contributed by atoms with Gasteiger partial charge in [0.2, 0.25) is 0 Å². The van der Waals surface area contributed by atoms with Gasteiger partial charge >= 0.3 is 0 Å². The number of rotatable bonds is 1. The molecule has 5 nitrogen and oxygen atoms in total. The molecular formula is C16H16ClN3O2. The zero-order valence-electron chi connectivity index (χ0n) is 12.3. The van der Waals surface area contributed by atoms with Crippen molar-refractivity contribution in [3.05, 3.63) is 39.8 Å². The fourth-order valence-electron chi connectivity index (χ4n) is 3.29. The second-order valence-electron chi connectivity index (χ2n) is 5.77. The highest BCUT2D eigenvalue weighted by Gasteiger charge is 2.22. The Morgan fingerprint density at radius 2 is 2.23 bits per heavy atom. The Balaban J connectivity index is 2.12. The quantitative estimate of drug-likeness (QED) is 0.693. The lowest BCUT2D eigenvalue weighted by Gasteiger charge is -2.25. The van der Waals surface area contributed by atoms with Gasteiger partial charge in [0.1, 0.15) is 0 Å². The van der Waals surface area contributed by atoms with Crippen LogP contribution in [0.1, 0.15) is 18.9 Å². The predicted molar refractivity (Wildman–Crippen MR) is 86.6 cm³/mol. The van der Waals surface area contributed by atoms with Crippen LogP contribution in [0.3, 0.4) is 0 Å². The molecule has 1 fully saturated rings. The van der Waals surface area contributed by atoms with E-state index in [0.717, 1.165) is 35.7 Å². The summed E-state index contributed by atoms with van der Waals surface area (Å²) in [6.07, 6.45) is 3.77. The zero-order chi connectivity index (χ0) is 15.3. The molecule has 0 saturated carbocycles. The SMILES string of the molecule is Cn1cc2c(n1)c(=O)n([C@H]1CCCOC1)c1cc(Cl)ccc21. The molecule has 3 aromatic rings. The first-order valence-corrected chi connectivity index (χ1v) is 7.78. The van der Waals surface area contributed by atoms with Crippen LogP contribution in [0.2, 0.25) is 5.02 Å². The normalized spacial score (nSPS) is 19.1. The van der Waals surface area contributed by atoms with Gasteiger partial charge in [-0.1, -0.05) is 17.7 Å². The summed E-state index contributed by atoms with van der Waals surface area (Å²) >= 11 is 6.17. The number of aryl methyl sites for hydroxylation is 1. The topological polar surface area (TPSA) is 49.0 Å². The maximum absolute atomic E-state index is 13.0. The molecule has 1 aliphatic rings. The van der Waals surface area contributed by atoms with Crippen molar-refractivity contribution >= 4 is 33.4 Å². The maximum Gasteiger partial charge on any atom is 0.279 e. The molecule has 22 heavy (non-hydrogen) atoms. The highest BCUT2D eigenvalue weighted by molar-refractivity contribution is 6.31. The molecule has 6 heteroatoms. The molecule has 0 amide bonds. The summed E-state index contributed by atoms with van der Waals surface area (Å²) in [5.74, 6) is 0. The summed E-state index contributed by atoms with van der Waals surface area (Å²) in [6.45, 7) is 1.32. The molecule has 0 radical (unpaired) electrons. The third-order valence-electron chi connectivity index (χ3n) is 4.26. The minimum atomic E-state index is -0.0686. The van der Waals surface area contributed by atoms with Crippen LogP contribution >= 0.6 is 11.6 Å². The van der Waals surface area contributed by atoms with Gasteiger partial charge in [-0.3, -0.25) is 9.48 Å². The van der Waals surface area contributed by atoms with Gasteiger partial charge in [-0.2, -0.15) is 5.10 Å². The third kappa shape index (κ3) is 2.04. The molecule has 1 aliphatic heterocycles. The third-order valence-corrected chi connectivity index (χ3v) is 4.50. The Bertz CT molecular complexity index is 922. The van der Waals surface area contributed by atoms with Gasteiger partial charge in [0, 0.05) is 35.6 Å². The van der Waals surface area contributed by atoms with Crippen LogP contribution < -0.4 is 5.56 Å². The summed E-state index contributed by atoms with van der Waals surface area (Å²) in [7, 11) is 1.83. The monoisotopic (exact) mass is 317 g/mol. The number of pyridine rings is 1. The van der Waals surface area contributed by atoms with E-state index in [4.69, 9.17) is 16.3 Å². The molecule has 1 saturated heterocycles. The molecule has 0 N–H and O–H groups in total. The lowest BCUT2D eigenvalue weighted by atomic mass is 10.1. The van der Waals surface area contributed by atoms with E-state index in [0.29, 0.717) is 17.1 Å². The highest BCUT2D eigenvalue weighted by Crippen LogP contribution is 2.29. The molecule has 0 bridgehead atoms. The van der Waals surface area contributed by atoms with Crippen molar-refractivity contribution < 1.29 is 4.74 Å². The van der Waals surface area contributed by atoms with Crippen molar-refractivity contribution in [2.75, 3.05) is 13.2 Å². The fourth-order valence-corrected chi connectivity index (χ4v) is 3.46. The van der Waals surface area contributed by atoms with Crippen LogP contribution in [-0.4, -0.2) is 27.6 Å². The van der Waals surface area contributed by atoms with Gasteiger partial charge in [0.05, 0.1) is 18.2 Å². The number of fused-ring (bicyclic) bond motifs is 3. The van der Waals surface area contributed by atoms with Crippen molar-refractivity contribution in [2.45, 2.75) is 18.9 Å². The smallest absolute Gasteiger partial charge is 0.279 e. The summed E-state index contributed by atoms with van der Waals surface area (Å²) in [5, 5.41) is 6.84. The molecular weight excluding hydrogens is 302 g/mol. The molecule has 3 heterocycles. The summed E-state index contributed by atoms with van der Waals surface area (Å²) in [6, 6.07) is 5.71. The van der Waals surface area contributed by atoms with E-state index in [-0.39, 0.29) is 11.6 Å². The van der Waals surface area contributed by atoms with Gasteiger partial charge in [0.15, 0.2) is 5.52 Å². The van der Waals surface area contributed by atoms with E-state index in [1.165, 1.54) is 0 Å². The molecule has 2 aromatic heterocycles. The largest absolute Gasteiger partial charge is 0.379 e. The van der Waals surface area contributed by atoms with E-state index in [2.05, 4.69) is 5.10 Å². The lowest BCUT2D eigenvalue weighted by Crippen LogP contribution is -2.31. The standard InChI is InChI=1S/C16H16ClN3O2/c1-19-8-13-12-5-4-10(17)7-14(12)20(16(21)15(13)18-19)11-3-2-6-22-9-11/h4-5,7-8,11H,2-3,6,9H2,1H3/t11-/m0/s1. The van der Waals surface area contributed by atoms with Crippen molar-refractivity contribution in [3.63, 3.8) is 0 Å². The predicted octanol–water partition coefficient (Wildman–Crippen LogP) is 2.89. The first kappa shape index (κ1) is 13.8. The van der Waals surface area contributed by atoms with Crippen molar-refractivity contribution in [3.8, 4) is 0 Å². The molecule has 0 spiro atoms. The molecule has 1 atom stereocenters. The number of benzene rings is 1. The first-order valence-electron chi connectivity index (χ1n) is 7.40. The highest BCUT2D eigenvalue weighted by atomic mass is 35.5. The van der Waals surface area contributed by atoms with Crippen LogP contribution in [0.5, 0.6) is 0 Å². The van der Waals surface area contributed by atoms with Gasteiger partial charge in [-0.05, 0) is 25.0 Å². The van der Waals surface area contributed by atoms with Crippen LogP contribution in [0.25, 0.3) is 21.8 Å². The minimum Gasteiger partial charge on any atom is -0.379 e. The fraction of sp³-hybridized carbons (Fsp3) is 0.375. The number of nitrogens with zero attached hydrogens (tertiary/aromatic N) is 3. The van der Waals surface area contributed by atoms with Crippen molar-refractivity contribution in [1.82, 2.24) is 14.3 Å². The maximum atomic E-state index is 13.0. The number of ether oxygens (including phenoxy) is 1. The van der Waals surface area contributed by atoms with E-state index in [1.54, 1.807) is 4.68 Å². The number of aromatic nitrogens is 3. The second kappa shape index (κ2) is 5.11. The van der Waals surface area contributed by atoms with Crippen LogP contribution in [-0.2, 0) is 11.8 Å². The van der Waals surface area contributed by atoms with Crippen LogP contribution in [0.15, 0.2) is 29.2 Å². The molecule has 114 valence electrons. The number of hydrogen-bond donors (Lipinski definition) is 0. The van der Waals surface area contributed by atoms with Crippen LogP contribution in [0.4, 0.5) is 0 Å². The second-order valence-corrected chi connectivity index (χ2v) is 6.21. The molecule has 0 unspecified atom stereocenters. The van der Waals surface area contributed by atoms with Gasteiger partial charge in [-0.25, -0.2) is 0 Å². The van der Waals surface area contributed by atoms with Gasteiger partial charge < -0.3 is 9.30 Å². The van der Waals surface area contributed by atoms with Crippen LogP contribution in [0, 0.1) is 0 Å². The zero-order valence-corrected chi connectivity index (χ0v) is 13.0. The minimum absolute atomic E-state index is 0.0358. The van der Waals surface area contributed by atoms with E-state index >= 15 is 0 Å². The van der Waals surface area contributed by atoms with Crippen molar-refractivity contribution in [1.29, 1.82) is 0 Å². The molecule has 0 aliphatic carbocycles. The Morgan fingerprint density at radius 1 is 1.36 bits per heavy atom. The summed E-state index contributed by atoms with van der Waals surface area (Å²) in [4.78, 5) is 13.0. The Kier molecular flexibility index (Phi) is 3.20. The van der Waals surface area contributed by atoms with Gasteiger partial charge in [0.25, 0.3) is 5.56 Å². The Labute approximate surface area is 132 Å². The number of hydrogen-bond acceptors (Lipinski definition) is 3. The summed E-state index contributed by atoms with van der Waals surface area (Å²) < 4.78 is 9.07. The number of halogens is 1. The van der Waals surface area contributed by atoms with E-state index in [1.807, 2.05) is 36.0 Å². The Morgan fingerprint density at radius 3 is 3.00 bits per heavy atom. The lowest BCUT2D eigenvalue weighted by molar-refractivity contribution is 0.0596. The van der Waals surface area contributed by atoms with Crippen molar-refractivity contribution in [2.24, 2.45) is 7.05 Å². The molecule has 1 aromatic carbocycles. The van der Waals surface area contributed by atoms with E-state index < -0.39 is 0 Å². The average Bonchev–Trinajstić information content (AvgIpc) is 2.90. The van der Waals surface area contributed by atoms with Gasteiger partial charge in [-0.15, -0.1) is 0 Å². The average molecular weight is 318 g/mol.